The summed E-state index contributed by atoms with van der Waals surface area (Å²) in [6.07, 6.45) is 9.18. The fourth-order valence-corrected chi connectivity index (χ4v) is 7.41. The van der Waals surface area contributed by atoms with Crippen LogP contribution in [0.2, 0.25) is 18.1 Å². The second-order valence-corrected chi connectivity index (χ2v) is 9.38. The first-order valence-corrected chi connectivity index (χ1v) is 8.27. The smallest absolute Gasteiger partial charge is 0.0812 e. The lowest BCUT2D eigenvalue weighted by atomic mass is 10.3. The lowest BCUT2D eigenvalue weighted by molar-refractivity contribution is 0.861. The molecule has 1 heterocycles. The van der Waals surface area contributed by atoms with Crippen molar-refractivity contribution in [3.63, 3.8) is 0 Å². The minimum atomic E-state index is -0.867. The van der Waals surface area contributed by atoms with Crippen molar-refractivity contribution in [1.29, 1.82) is 0 Å². The normalized spacial score (nSPS) is 25.1. The van der Waals surface area contributed by atoms with Gasteiger partial charge in [0.15, 0.2) is 0 Å². The first-order chi connectivity index (χ1) is 6.27. The quantitative estimate of drug-likeness (QED) is 0.591. The van der Waals surface area contributed by atoms with Crippen LogP contribution in [0.3, 0.4) is 0 Å². The Kier molecular flexibility index (Phi) is 2.46. The Morgan fingerprint density at radius 1 is 1.38 bits per heavy atom. The summed E-state index contributed by atoms with van der Waals surface area (Å²) in [4.78, 5) is 0. The van der Waals surface area contributed by atoms with Gasteiger partial charge in [0.25, 0.3) is 0 Å². The summed E-state index contributed by atoms with van der Waals surface area (Å²) in [6.45, 7) is 4.62. The molecule has 0 aromatic carbocycles. The molecule has 0 aromatic rings. The molecule has 1 heteroatoms. The Labute approximate surface area is 82.7 Å². The fraction of sp³-hybridized carbons (Fsp3) is 0.667. The third kappa shape index (κ3) is 1.54. The highest BCUT2D eigenvalue weighted by Gasteiger charge is 2.41. The molecule has 0 radical (unpaired) electrons. The first kappa shape index (κ1) is 9.26. The van der Waals surface area contributed by atoms with Crippen LogP contribution >= 0.6 is 0 Å². The molecule has 2 aliphatic rings. The van der Waals surface area contributed by atoms with Crippen molar-refractivity contribution in [3.05, 3.63) is 22.9 Å². The SMILES string of the molecule is CCC[Si]1(C2=CCC(C)=C2)CCC1. The lowest BCUT2D eigenvalue weighted by Gasteiger charge is -2.40. The van der Waals surface area contributed by atoms with Gasteiger partial charge in [0.05, 0.1) is 8.07 Å². The monoisotopic (exact) mass is 192 g/mol. The molecule has 0 amide bonds. The summed E-state index contributed by atoms with van der Waals surface area (Å²) in [5.41, 5.74) is 1.59. The molecule has 0 saturated carbocycles. The Bertz CT molecular complexity index is 256. The third-order valence-corrected chi connectivity index (χ3v) is 9.35. The van der Waals surface area contributed by atoms with E-state index in [4.69, 9.17) is 0 Å². The van der Waals surface area contributed by atoms with Gasteiger partial charge in [0, 0.05) is 0 Å². The van der Waals surface area contributed by atoms with Crippen LogP contribution in [-0.4, -0.2) is 8.07 Å². The maximum atomic E-state index is 2.52. The lowest BCUT2D eigenvalue weighted by Crippen LogP contribution is -2.42. The zero-order valence-corrected chi connectivity index (χ0v) is 9.90. The van der Waals surface area contributed by atoms with Crippen LogP contribution in [0.15, 0.2) is 22.9 Å². The van der Waals surface area contributed by atoms with Gasteiger partial charge in [0.1, 0.15) is 0 Å². The maximum absolute atomic E-state index is 2.52. The van der Waals surface area contributed by atoms with E-state index in [-0.39, 0.29) is 0 Å². The summed E-state index contributed by atoms with van der Waals surface area (Å²) >= 11 is 0. The second-order valence-electron chi connectivity index (χ2n) is 4.74. The summed E-state index contributed by atoms with van der Waals surface area (Å²) in [5.74, 6) is 0. The van der Waals surface area contributed by atoms with Crippen LogP contribution in [-0.2, 0) is 0 Å². The van der Waals surface area contributed by atoms with Gasteiger partial charge in [-0.3, -0.25) is 0 Å². The Morgan fingerprint density at radius 3 is 2.54 bits per heavy atom. The molecule has 1 aliphatic carbocycles. The molecule has 2 rings (SSSR count). The zero-order valence-electron chi connectivity index (χ0n) is 8.90. The van der Waals surface area contributed by atoms with Gasteiger partial charge in [-0.05, 0) is 13.3 Å². The largest absolute Gasteiger partial charge is 0.0862 e. The van der Waals surface area contributed by atoms with E-state index in [0.717, 1.165) is 0 Å². The Morgan fingerprint density at radius 2 is 2.15 bits per heavy atom. The molecule has 1 fully saturated rings. The topological polar surface area (TPSA) is 0 Å². The van der Waals surface area contributed by atoms with E-state index in [2.05, 4.69) is 26.0 Å². The molecule has 0 unspecified atom stereocenters. The highest BCUT2D eigenvalue weighted by molar-refractivity contribution is 6.89. The number of hydrogen-bond donors (Lipinski definition) is 0. The fourth-order valence-electron chi connectivity index (χ4n) is 2.79. The second kappa shape index (κ2) is 3.45. The molecule has 0 bridgehead atoms. The van der Waals surface area contributed by atoms with Crippen LogP contribution < -0.4 is 0 Å². The van der Waals surface area contributed by atoms with E-state index in [9.17, 15) is 0 Å². The number of hydrogen-bond acceptors (Lipinski definition) is 0. The number of rotatable bonds is 3. The highest BCUT2D eigenvalue weighted by atomic mass is 28.3. The van der Waals surface area contributed by atoms with Crippen LogP contribution in [0.5, 0.6) is 0 Å². The van der Waals surface area contributed by atoms with Gasteiger partial charge in [-0.2, -0.15) is 0 Å². The predicted octanol–water partition coefficient (Wildman–Crippen LogP) is 4.06. The van der Waals surface area contributed by atoms with Crippen LogP contribution in [0.1, 0.15) is 33.1 Å². The molecule has 0 nitrogen and oxygen atoms in total. The Hall–Kier alpha value is -0.303. The summed E-state index contributed by atoms with van der Waals surface area (Å²) in [7, 11) is -0.867. The van der Waals surface area contributed by atoms with Crippen molar-refractivity contribution < 1.29 is 0 Å². The van der Waals surface area contributed by atoms with Gasteiger partial charge in [-0.25, -0.2) is 0 Å². The molecule has 0 atom stereocenters. The van der Waals surface area contributed by atoms with Crippen LogP contribution in [0.4, 0.5) is 0 Å². The van der Waals surface area contributed by atoms with Crippen molar-refractivity contribution in [1.82, 2.24) is 0 Å². The molecule has 0 N–H and O–H groups in total. The van der Waals surface area contributed by atoms with Crippen molar-refractivity contribution >= 4 is 8.07 Å². The van der Waals surface area contributed by atoms with Crippen molar-refractivity contribution in [2.24, 2.45) is 0 Å². The predicted molar refractivity (Wildman–Crippen MR) is 61.5 cm³/mol. The zero-order chi connectivity index (χ0) is 9.31. The van der Waals surface area contributed by atoms with Crippen molar-refractivity contribution in [3.8, 4) is 0 Å². The minimum absolute atomic E-state index is 0.867. The molecular weight excluding hydrogens is 172 g/mol. The van der Waals surface area contributed by atoms with E-state index in [1.54, 1.807) is 28.9 Å². The van der Waals surface area contributed by atoms with Crippen LogP contribution in [0.25, 0.3) is 0 Å². The number of allylic oxidation sites excluding steroid dienone is 4. The molecule has 13 heavy (non-hydrogen) atoms. The molecule has 1 saturated heterocycles. The average Bonchev–Trinajstić information content (AvgIpc) is 2.44. The summed E-state index contributed by atoms with van der Waals surface area (Å²) in [6, 6.07) is 4.70. The van der Waals surface area contributed by atoms with Gasteiger partial charge in [-0.1, -0.05) is 60.8 Å². The standard InChI is InChI=1S/C12H20Si/c1-3-7-13(8-4-9-13)12-6-5-11(2)10-12/h6,10H,3-5,7-9H2,1-2H3. The summed E-state index contributed by atoms with van der Waals surface area (Å²) in [5, 5.41) is 1.80. The minimum Gasteiger partial charge on any atom is -0.0812 e. The molecule has 0 spiro atoms. The maximum Gasteiger partial charge on any atom is 0.0862 e. The van der Waals surface area contributed by atoms with Gasteiger partial charge in [-0.15, -0.1) is 0 Å². The van der Waals surface area contributed by atoms with E-state index in [0.29, 0.717) is 0 Å². The molecule has 1 aliphatic heterocycles. The molecule has 72 valence electrons. The van der Waals surface area contributed by atoms with Gasteiger partial charge in [0.2, 0.25) is 0 Å². The van der Waals surface area contributed by atoms with E-state index in [1.165, 1.54) is 19.3 Å². The van der Waals surface area contributed by atoms with Gasteiger partial charge < -0.3 is 0 Å². The van der Waals surface area contributed by atoms with Crippen molar-refractivity contribution in [2.45, 2.75) is 51.2 Å². The van der Waals surface area contributed by atoms with E-state index >= 15 is 0 Å². The van der Waals surface area contributed by atoms with Gasteiger partial charge >= 0.3 is 0 Å². The van der Waals surface area contributed by atoms with Crippen molar-refractivity contribution in [2.75, 3.05) is 0 Å². The third-order valence-electron chi connectivity index (χ3n) is 3.70. The first-order valence-electron chi connectivity index (χ1n) is 5.65. The molecular formula is C12H20Si. The van der Waals surface area contributed by atoms with Crippen LogP contribution in [0, 0.1) is 0 Å². The molecule has 0 aromatic heterocycles. The van der Waals surface area contributed by atoms with E-state index < -0.39 is 8.07 Å². The summed E-state index contributed by atoms with van der Waals surface area (Å²) < 4.78 is 0. The Balaban J connectivity index is 2.13. The highest BCUT2D eigenvalue weighted by Crippen LogP contribution is 2.44. The average molecular weight is 192 g/mol. The van der Waals surface area contributed by atoms with E-state index in [1.807, 2.05) is 0 Å².